The highest BCUT2D eigenvalue weighted by Gasteiger charge is 2.49. The Hall–Kier alpha value is -1.14. The number of aromatic carboxylic acids is 1. The highest BCUT2D eigenvalue weighted by molar-refractivity contribution is 7.14. The molecule has 1 heterocycles. The van der Waals surface area contributed by atoms with Crippen LogP contribution in [0.4, 0.5) is 5.00 Å². The standard InChI is InChI=1S/C12H18N2O3S/c1-4-17-8-5-7(12(8,2)3)14-10-9(11(15)16)13-6-18-10/h6-8,14H,4-5H2,1-3H3,(H,15,16). The van der Waals surface area contributed by atoms with Crippen molar-refractivity contribution in [1.29, 1.82) is 0 Å². The summed E-state index contributed by atoms with van der Waals surface area (Å²) >= 11 is 1.33. The molecular weight excluding hydrogens is 252 g/mol. The van der Waals surface area contributed by atoms with Gasteiger partial charge >= 0.3 is 5.97 Å². The lowest BCUT2D eigenvalue weighted by Gasteiger charge is -2.51. The number of carboxylic acid groups (broad SMARTS) is 1. The molecule has 2 rings (SSSR count). The van der Waals surface area contributed by atoms with Gasteiger partial charge < -0.3 is 15.2 Å². The van der Waals surface area contributed by atoms with E-state index in [0.717, 1.165) is 6.42 Å². The van der Waals surface area contributed by atoms with E-state index < -0.39 is 5.97 Å². The molecule has 2 atom stereocenters. The zero-order chi connectivity index (χ0) is 13.3. The van der Waals surface area contributed by atoms with Crippen LogP contribution in [0.3, 0.4) is 0 Å². The minimum absolute atomic E-state index is 0.00970. The maximum Gasteiger partial charge on any atom is 0.357 e. The Labute approximate surface area is 110 Å². The third kappa shape index (κ3) is 2.22. The number of aromatic nitrogens is 1. The zero-order valence-corrected chi connectivity index (χ0v) is 11.6. The van der Waals surface area contributed by atoms with Crippen molar-refractivity contribution < 1.29 is 14.6 Å². The van der Waals surface area contributed by atoms with E-state index in [0.29, 0.717) is 11.6 Å². The largest absolute Gasteiger partial charge is 0.476 e. The molecule has 1 aromatic rings. The van der Waals surface area contributed by atoms with Gasteiger partial charge in [0, 0.05) is 18.1 Å². The highest BCUT2D eigenvalue weighted by Crippen LogP contribution is 2.45. The number of ether oxygens (including phenoxy) is 1. The minimum Gasteiger partial charge on any atom is -0.476 e. The van der Waals surface area contributed by atoms with E-state index >= 15 is 0 Å². The fraction of sp³-hybridized carbons (Fsp3) is 0.667. The second-order valence-electron chi connectivity index (χ2n) is 5.03. The van der Waals surface area contributed by atoms with Crippen molar-refractivity contribution in [3.05, 3.63) is 11.2 Å². The Balaban J connectivity index is 2.03. The van der Waals surface area contributed by atoms with E-state index in [1.165, 1.54) is 11.3 Å². The van der Waals surface area contributed by atoms with Gasteiger partial charge in [-0.25, -0.2) is 9.78 Å². The number of anilines is 1. The van der Waals surface area contributed by atoms with Crippen LogP contribution in [0.1, 0.15) is 37.7 Å². The molecule has 1 saturated carbocycles. The first-order chi connectivity index (χ1) is 8.46. The Morgan fingerprint density at radius 1 is 1.72 bits per heavy atom. The monoisotopic (exact) mass is 270 g/mol. The third-order valence-electron chi connectivity index (χ3n) is 3.62. The summed E-state index contributed by atoms with van der Waals surface area (Å²) in [5.74, 6) is -0.989. The number of rotatable bonds is 5. The SMILES string of the molecule is CCOC1CC(Nc2scnc2C(=O)O)C1(C)C. The second-order valence-corrected chi connectivity index (χ2v) is 5.89. The van der Waals surface area contributed by atoms with Gasteiger partial charge in [0.15, 0.2) is 5.69 Å². The van der Waals surface area contributed by atoms with E-state index in [4.69, 9.17) is 9.84 Å². The molecular formula is C12H18N2O3S. The normalized spacial score (nSPS) is 25.5. The van der Waals surface area contributed by atoms with E-state index in [1.807, 2.05) is 6.92 Å². The number of carboxylic acids is 1. The summed E-state index contributed by atoms with van der Waals surface area (Å²) in [6.45, 7) is 6.97. The first-order valence-corrected chi connectivity index (χ1v) is 6.89. The van der Waals surface area contributed by atoms with Crippen molar-refractivity contribution in [3.8, 4) is 0 Å². The summed E-state index contributed by atoms with van der Waals surface area (Å²) in [4.78, 5) is 14.8. The molecule has 0 amide bonds. The Kier molecular flexibility index (Phi) is 3.59. The number of hydrogen-bond acceptors (Lipinski definition) is 5. The van der Waals surface area contributed by atoms with Crippen molar-refractivity contribution in [3.63, 3.8) is 0 Å². The van der Waals surface area contributed by atoms with Crippen LogP contribution >= 0.6 is 11.3 Å². The lowest BCUT2D eigenvalue weighted by Crippen LogP contribution is -2.58. The van der Waals surface area contributed by atoms with Gasteiger partial charge in [-0.05, 0) is 13.3 Å². The van der Waals surface area contributed by atoms with Gasteiger partial charge in [-0.2, -0.15) is 0 Å². The van der Waals surface area contributed by atoms with Crippen LogP contribution in [0.2, 0.25) is 0 Å². The summed E-state index contributed by atoms with van der Waals surface area (Å²) in [6, 6.07) is 0.229. The van der Waals surface area contributed by atoms with Crippen molar-refractivity contribution in [2.24, 2.45) is 5.41 Å². The van der Waals surface area contributed by atoms with Crippen LogP contribution in [0.25, 0.3) is 0 Å². The molecule has 0 saturated heterocycles. The Bertz CT molecular complexity index is 444. The number of thiazole rings is 1. The Morgan fingerprint density at radius 3 is 3.00 bits per heavy atom. The molecule has 1 fully saturated rings. The zero-order valence-electron chi connectivity index (χ0n) is 10.8. The van der Waals surface area contributed by atoms with Gasteiger partial charge in [0.05, 0.1) is 11.6 Å². The topological polar surface area (TPSA) is 71.5 Å². The predicted octanol–water partition coefficient (Wildman–Crippen LogP) is 2.46. The average Bonchev–Trinajstić information content (AvgIpc) is 2.76. The number of nitrogens with zero attached hydrogens (tertiary/aromatic N) is 1. The predicted molar refractivity (Wildman–Crippen MR) is 70.3 cm³/mol. The Morgan fingerprint density at radius 2 is 2.44 bits per heavy atom. The fourth-order valence-electron chi connectivity index (χ4n) is 2.27. The van der Waals surface area contributed by atoms with Crippen molar-refractivity contribution in [2.75, 3.05) is 11.9 Å². The van der Waals surface area contributed by atoms with Gasteiger partial charge in [0.25, 0.3) is 0 Å². The van der Waals surface area contributed by atoms with Crippen molar-refractivity contribution >= 4 is 22.3 Å². The first-order valence-electron chi connectivity index (χ1n) is 6.01. The molecule has 0 aliphatic heterocycles. The fourth-order valence-corrected chi connectivity index (χ4v) is 3.00. The maximum atomic E-state index is 11.0. The molecule has 1 aromatic heterocycles. The molecule has 2 unspecified atom stereocenters. The van der Waals surface area contributed by atoms with Crippen LogP contribution in [-0.4, -0.2) is 34.8 Å². The van der Waals surface area contributed by atoms with Crippen LogP contribution < -0.4 is 5.32 Å². The molecule has 5 nitrogen and oxygen atoms in total. The van der Waals surface area contributed by atoms with E-state index in [1.54, 1.807) is 5.51 Å². The third-order valence-corrected chi connectivity index (χ3v) is 4.38. The van der Waals surface area contributed by atoms with Gasteiger partial charge in [0.1, 0.15) is 5.00 Å². The van der Waals surface area contributed by atoms with E-state index in [9.17, 15) is 4.79 Å². The summed E-state index contributed by atoms with van der Waals surface area (Å²) in [6.07, 6.45) is 1.14. The quantitative estimate of drug-likeness (QED) is 0.860. The molecule has 100 valence electrons. The van der Waals surface area contributed by atoms with Gasteiger partial charge in [-0.1, -0.05) is 13.8 Å². The summed E-state index contributed by atoms with van der Waals surface area (Å²) in [5.41, 5.74) is 1.67. The smallest absolute Gasteiger partial charge is 0.357 e. The molecule has 18 heavy (non-hydrogen) atoms. The van der Waals surface area contributed by atoms with Crippen LogP contribution in [-0.2, 0) is 4.74 Å². The molecule has 2 N–H and O–H groups in total. The molecule has 0 aromatic carbocycles. The second kappa shape index (κ2) is 4.85. The maximum absolute atomic E-state index is 11.0. The minimum atomic E-state index is -0.989. The number of hydrogen-bond donors (Lipinski definition) is 2. The highest BCUT2D eigenvalue weighted by atomic mass is 32.1. The summed E-state index contributed by atoms with van der Waals surface area (Å²) in [5, 5.41) is 12.9. The number of carbonyl (C=O) groups is 1. The molecule has 0 spiro atoms. The van der Waals surface area contributed by atoms with Crippen LogP contribution in [0.5, 0.6) is 0 Å². The number of nitrogens with one attached hydrogen (secondary N) is 1. The summed E-state index contributed by atoms with van der Waals surface area (Å²) in [7, 11) is 0. The van der Waals surface area contributed by atoms with Crippen LogP contribution in [0.15, 0.2) is 5.51 Å². The van der Waals surface area contributed by atoms with Crippen molar-refractivity contribution in [1.82, 2.24) is 4.98 Å². The molecule has 0 bridgehead atoms. The molecule has 6 heteroatoms. The van der Waals surface area contributed by atoms with E-state index in [-0.39, 0.29) is 23.3 Å². The van der Waals surface area contributed by atoms with Gasteiger partial charge in [0.2, 0.25) is 0 Å². The molecule has 1 aliphatic carbocycles. The van der Waals surface area contributed by atoms with E-state index in [2.05, 4.69) is 24.1 Å². The first kappa shape index (κ1) is 13.3. The lowest BCUT2D eigenvalue weighted by atomic mass is 9.64. The summed E-state index contributed by atoms with van der Waals surface area (Å²) < 4.78 is 5.65. The van der Waals surface area contributed by atoms with Crippen molar-refractivity contribution in [2.45, 2.75) is 39.3 Å². The van der Waals surface area contributed by atoms with Crippen LogP contribution in [0, 0.1) is 5.41 Å². The van der Waals surface area contributed by atoms with Gasteiger partial charge in [-0.15, -0.1) is 11.3 Å². The molecule has 0 radical (unpaired) electrons. The lowest BCUT2D eigenvalue weighted by molar-refractivity contribution is -0.0975. The average molecular weight is 270 g/mol. The van der Waals surface area contributed by atoms with Gasteiger partial charge in [-0.3, -0.25) is 0 Å². The molecule has 1 aliphatic rings.